The van der Waals surface area contributed by atoms with Gasteiger partial charge in [-0.25, -0.2) is 4.98 Å². The van der Waals surface area contributed by atoms with E-state index in [2.05, 4.69) is 31.1 Å². The number of aliphatic hydroxyl groups excluding tert-OH is 1. The molecule has 0 fully saturated rings. The molecule has 0 saturated carbocycles. The van der Waals surface area contributed by atoms with Crippen molar-refractivity contribution < 1.29 is 9.90 Å². The van der Waals surface area contributed by atoms with Crippen molar-refractivity contribution in [3.05, 3.63) is 16.1 Å². The molecule has 0 radical (unpaired) electrons. The zero-order valence-electron chi connectivity index (χ0n) is 11.5. The van der Waals surface area contributed by atoms with Gasteiger partial charge >= 0.3 is 0 Å². The summed E-state index contributed by atoms with van der Waals surface area (Å²) in [6.45, 7) is 8.64. The molecule has 1 amide bonds. The van der Waals surface area contributed by atoms with Gasteiger partial charge in [-0.1, -0.05) is 27.7 Å². The number of nitrogens with one attached hydrogen (secondary N) is 1. The van der Waals surface area contributed by atoms with Crippen LogP contribution in [0.1, 0.15) is 55.2 Å². The fourth-order valence-corrected chi connectivity index (χ4v) is 2.26. The second kappa shape index (κ2) is 6.29. The predicted octanol–water partition coefficient (Wildman–Crippen LogP) is 2.33. The van der Waals surface area contributed by atoms with Crippen molar-refractivity contribution in [2.45, 2.75) is 52.1 Å². The summed E-state index contributed by atoms with van der Waals surface area (Å²) < 4.78 is 0. The molecule has 5 heteroatoms. The number of carbonyl (C=O) groups is 1. The summed E-state index contributed by atoms with van der Waals surface area (Å²) >= 11 is 1.43. The number of thiazole rings is 1. The van der Waals surface area contributed by atoms with E-state index in [1.54, 1.807) is 6.20 Å². The van der Waals surface area contributed by atoms with Gasteiger partial charge in [0.15, 0.2) is 0 Å². The lowest BCUT2D eigenvalue weighted by atomic mass is 9.98. The van der Waals surface area contributed by atoms with Crippen LogP contribution >= 0.6 is 11.3 Å². The van der Waals surface area contributed by atoms with Gasteiger partial charge in [0, 0.05) is 12.0 Å². The van der Waals surface area contributed by atoms with Gasteiger partial charge in [-0.2, -0.15) is 0 Å². The average molecular weight is 270 g/mol. The molecule has 2 N–H and O–H groups in total. The molecule has 1 aromatic rings. The van der Waals surface area contributed by atoms with Gasteiger partial charge in [-0.05, 0) is 12.8 Å². The van der Waals surface area contributed by atoms with Crippen molar-refractivity contribution in [3.63, 3.8) is 0 Å². The average Bonchev–Trinajstić information content (AvgIpc) is 2.77. The summed E-state index contributed by atoms with van der Waals surface area (Å²) in [5.74, 6) is -0.105. The first kappa shape index (κ1) is 15.1. The Balaban J connectivity index is 2.50. The first-order chi connectivity index (χ1) is 8.34. The molecule has 1 aromatic heterocycles. The largest absolute Gasteiger partial charge is 0.393 e. The number of hydrogen-bond donors (Lipinski definition) is 2. The topological polar surface area (TPSA) is 62.2 Å². The Hall–Kier alpha value is -0.940. The fourth-order valence-electron chi connectivity index (χ4n) is 1.37. The highest BCUT2D eigenvalue weighted by molar-refractivity contribution is 7.13. The Morgan fingerprint density at radius 2 is 2.22 bits per heavy atom. The number of rotatable bonds is 5. The number of carbonyl (C=O) groups excluding carboxylic acids is 1. The molecule has 0 aromatic carbocycles. The van der Waals surface area contributed by atoms with Crippen molar-refractivity contribution in [2.75, 3.05) is 6.54 Å². The Bertz CT molecular complexity index is 396. The van der Waals surface area contributed by atoms with Gasteiger partial charge in [-0.3, -0.25) is 4.79 Å². The van der Waals surface area contributed by atoms with Crippen molar-refractivity contribution in [3.8, 4) is 0 Å². The Morgan fingerprint density at radius 1 is 1.56 bits per heavy atom. The van der Waals surface area contributed by atoms with Crippen LogP contribution in [-0.4, -0.2) is 28.6 Å². The van der Waals surface area contributed by atoms with Crippen molar-refractivity contribution in [2.24, 2.45) is 0 Å². The van der Waals surface area contributed by atoms with Crippen molar-refractivity contribution in [1.82, 2.24) is 10.3 Å². The highest BCUT2D eigenvalue weighted by Crippen LogP contribution is 2.26. The third-order valence-corrected chi connectivity index (χ3v) is 4.03. The molecular formula is C13H22N2O2S. The summed E-state index contributed by atoms with van der Waals surface area (Å²) in [7, 11) is 0. The molecule has 1 atom stereocenters. The third-order valence-electron chi connectivity index (χ3n) is 2.61. The maximum Gasteiger partial charge on any atom is 0.263 e. The van der Waals surface area contributed by atoms with Crippen LogP contribution in [0.4, 0.5) is 0 Å². The number of hydrogen-bond acceptors (Lipinski definition) is 4. The second-order valence-electron chi connectivity index (χ2n) is 5.39. The lowest BCUT2D eigenvalue weighted by molar-refractivity contribution is 0.0946. The summed E-state index contributed by atoms with van der Waals surface area (Å²) in [6, 6.07) is 0. The predicted molar refractivity (Wildman–Crippen MR) is 74.1 cm³/mol. The number of nitrogens with zero attached hydrogens (tertiary/aromatic N) is 1. The van der Waals surface area contributed by atoms with Crippen LogP contribution in [0, 0.1) is 0 Å². The first-order valence-electron chi connectivity index (χ1n) is 6.27. The molecule has 0 aliphatic carbocycles. The monoisotopic (exact) mass is 270 g/mol. The Kier molecular flexibility index (Phi) is 5.28. The van der Waals surface area contributed by atoms with Gasteiger partial charge in [0.2, 0.25) is 0 Å². The maximum absolute atomic E-state index is 11.8. The van der Waals surface area contributed by atoms with Crippen LogP contribution in [0.5, 0.6) is 0 Å². The van der Waals surface area contributed by atoms with Crippen LogP contribution in [0.2, 0.25) is 0 Å². The summed E-state index contributed by atoms with van der Waals surface area (Å²) in [4.78, 5) is 16.7. The summed E-state index contributed by atoms with van der Waals surface area (Å²) in [6.07, 6.45) is 2.59. The summed E-state index contributed by atoms with van der Waals surface area (Å²) in [5.41, 5.74) is -0.0262. The molecule has 0 bridgehead atoms. The zero-order chi connectivity index (χ0) is 13.8. The highest BCUT2D eigenvalue weighted by Gasteiger charge is 2.20. The molecule has 1 unspecified atom stereocenters. The van der Waals surface area contributed by atoms with Gasteiger partial charge in [0.05, 0.1) is 17.3 Å². The van der Waals surface area contributed by atoms with E-state index in [1.165, 1.54) is 11.3 Å². The summed E-state index contributed by atoms with van der Waals surface area (Å²) in [5, 5.41) is 13.2. The molecule has 1 heterocycles. The van der Waals surface area contributed by atoms with Crippen LogP contribution in [0.3, 0.4) is 0 Å². The molecule has 4 nitrogen and oxygen atoms in total. The zero-order valence-corrected chi connectivity index (χ0v) is 12.3. The Morgan fingerprint density at radius 3 is 2.72 bits per heavy atom. The molecule has 102 valence electrons. The van der Waals surface area contributed by atoms with Gasteiger partial charge in [-0.15, -0.1) is 11.3 Å². The van der Waals surface area contributed by atoms with Crippen LogP contribution in [-0.2, 0) is 5.41 Å². The smallest absolute Gasteiger partial charge is 0.263 e. The molecule has 0 saturated heterocycles. The number of amides is 1. The quantitative estimate of drug-likeness (QED) is 0.863. The molecule has 1 rings (SSSR count). The van der Waals surface area contributed by atoms with Crippen LogP contribution < -0.4 is 5.32 Å². The SMILES string of the molecule is CCC(O)CCNC(=O)c1cnc(C(C)(C)C)s1. The van der Waals surface area contributed by atoms with E-state index in [0.717, 1.165) is 5.01 Å². The maximum atomic E-state index is 11.8. The normalized spacial score (nSPS) is 13.4. The van der Waals surface area contributed by atoms with E-state index in [0.29, 0.717) is 24.3 Å². The number of aliphatic hydroxyl groups is 1. The van der Waals surface area contributed by atoms with Gasteiger partial charge < -0.3 is 10.4 Å². The van der Waals surface area contributed by atoms with E-state index in [-0.39, 0.29) is 17.4 Å². The molecule has 0 aliphatic heterocycles. The van der Waals surface area contributed by atoms with Crippen molar-refractivity contribution in [1.29, 1.82) is 0 Å². The van der Waals surface area contributed by atoms with E-state index in [1.807, 2.05) is 6.92 Å². The minimum Gasteiger partial charge on any atom is -0.393 e. The Labute approximate surface area is 112 Å². The highest BCUT2D eigenvalue weighted by atomic mass is 32.1. The van der Waals surface area contributed by atoms with E-state index in [9.17, 15) is 9.90 Å². The third kappa shape index (κ3) is 4.38. The standard InChI is InChI=1S/C13H22N2O2S/c1-5-9(16)6-7-14-11(17)10-8-15-12(18-10)13(2,3)4/h8-9,16H,5-7H2,1-4H3,(H,14,17). The van der Waals surface area contributed by atoms with Gasteiger partial charge in [0.1, 0.15) is 4.88 Å². The molecular weight excluding hydrogens is 248 g/mol. The minimum atomic E-state index is -0.336. The van der Waals surface area contributed by atoms with E-state index in [4.69, 9.17) is 0 Å². The van der Waals surface area contributed by atoms with E-state index >= 15 is 0 Å². The fraction of sp³-hybridized carbons (Fsp3) is 0.692. The second-order valence-corrected chi connectivity index (χ2v) is 6.42. The number of aromatic nitrogens is 1. The van der Waals surface area contributed by atoms with Gasteiger partial charge in [0.25, 0.3) is 5.91 Å². The first-order valence-corrected chi connectivity index (χ1v) is 7.08. The lowest BCUT2D eigenvalue weighted by Gasteiger charge is -2.13. The minimum absolute atomic E-state index is 0.0262. The van der Waals surface area contributed by atoms with Crippen LogP contribution in [0.25, 0.3) is 0 Å². The van der Waals surface area contributed by atoms with Crippen LogP contribution in [0.15, 0.2) is 6.20 Å². The molecule has 18 heavy (non-hydrogen) atoms. The lowest BCUT2D eigenvalue weighted by Crippen LogP contribution is -2.26. The molecule has 0 aliphatic rings. The van der Waals surface area contributed by atoms with Crippen molar-refractivity contribution >= 4 is 17.2 Å². The van der Waals surface area contributed by atoms with E-state index < -0.39 is 0 Å². The molecule has 0 spiro atoms.